The van der Waals surface area contributed by atoms with Gasteiger partial charge in [0.1, 0.15) is 5.75 Å². The topological polar surface area (TPSA) is 80.4 Å². The van der Waals surface area contributed by atoms with Crippen LogP contribution in [0.15, 0.2) is 48.8 Å². The van der Waals surface area contributed by atoms with Gasteiger partial charge in [0.15, 0.2) is 0 Å². The lowest BCUT2D eigenvalue weighted by Crippen LogP contribution is -2.43. The van der Waals surface area contributed by atoms with E-state index < -0.39 is 6.10 Å². The lowest BCUT2D eigenvalue weighted by molar-refractivity contribution is 0.141. The van der Waals surface area contributed by atoms with Crippen molar-refractivity contribution in [2.75, 3.05) is 13.7 Å². The Kier molecular flexibility index (Phi) is 6.33. The number of benzene rings is 1. The van der Waals surface area contributed by atoms with E-state index in [1.54, 1.807) is 19.5 Å². The average Bonchev–Trinajstić information content (AvgIpc) is 2.56. The zero-order chi connectivity index (χ0) is 15.8. The monoisotopic (exact) mass is 301 g/mol. The van der Waals surface area contributed by atoms with Crippen LogP contribution in [-0.2, 0) is 13.0 Å². The number of aliphatic hydroxyl groups excluding tert-OH is 1. The van der Waals surface area contributed by atoms with Crippen molar-refractivity contribution in [1.82, 2.24) is 10.3 Å². The Labute approximate surface area is 131 Å². The summed E-state index contributed by atoms with van der Waals surface area (Å²) in [5, 5.41) is 13.3. The van der Waals surface area contributed by atoms with Gasteiger partial charge in [-0.25, -0.2) is 0 Å². The maximum Gasteiger partial charge on any atom is 0.119 e. The first kappa shape index (κ1) is 16.4. The van der Waals surface area contributed by atoms with Crippen molar-refractivity contribution in [3.8, 4) is 5.75 Å². The summed E-state index contributed by atoms with van der Waals surface area (Å²) in [6, 6.07) is 11.3. The van der Waals surface area contributed by atoms with Gasteiger partial charge < -0.3 is 20.9 Å². The first-order chi connectivity index (χ1) is 10.7. The van der Waals surface area contributed by atoms with Crippen LogP contribution in [0.5, 0.6) is 5.75 Å². The predicted molar refractivity (Wildman–Crippen MR) is 86.6 cm³/mol. The molecule has 0 radical (unpaired) electrons. The molecule has 0 amide bonds. The molecule has 2 atom stereocenters. The molecule has 5 nitrogen and oxygen atoms in total. The number of nitrogens with two attached hydrogens (primary N) is 1. The van der Waals surface area contributed by atoms with Crippen molar-refractivity contribution in [1.29, 1.82) is 0 Å². The van der Waals surface area contributed by atoms with Gasteiger partial charge in [-0.3, -0.25) is 4.98 Å². The molecular formula is C17H23N3O2. The SMILES string of the molecule is COc1cccc(CNC[C@@H](O)[C@@H](N)Cc2cccnc2)c1. The van der Waals surface area contributed by atoms with Crippen molar-refractivity contribution in [2.24, 2.45) is 5.73 Å². The minimum Gasteiger partial charge on any atom is -0.497 e. The van der Waals surface area contributed by atoms with Crippen LogP contribution in [0, 0.1) is 0 Å². The first-order valence-corrected chi connectivity index (χ1v) is 7.35. The molecule has 0 aliphatic carbocycles. The molecule has 0 unspecified atom stereocenters. The summed E-state index contributed by atoms with van der Waals surface area (Å²) < 4.78 is 5.18. The lowest BCUT2D eigenvalue weighted by atomic mass is 10.0. The number of hydrogen-bond acceptors (Lipinski definition) is 5. The highest BCUT2D eigenvalue weighted by Crippen LogP contribution is 2.12. The molecular weight excluding hydrogens is 278 g/mol. The van der Waals surface area contributed by atoms with E-state index in [1.807, 2.05) is 36.4 Å². The number of rotatable bonds is 8. The predicted octanol–water partition coefficient (Wildman–Crippen LogP) is 1.11. The van der Waals surface area contributed by atoms with E-state index in [0.29, 0.717) is 19.5 Å². The molecule has 4 N–H and O–H groups in total. The molecule has 2 rings (SSSR count). The van der Waals surface area contributed by atoms with E-state index >= 15 is 0 Å². The second kappa shape index (κ2) is 8.48. The summed E-state index contributed by atoms with van der Waals surface area (Å²) in [5.41, 5.74) is 8.17. The third-order valence-corrected chi connectivity index (χ3v) is 3.51. The third-order valence-electron chi connectivity index (χ3n) is 3.51. The Hall–Kier alpha value is -1.95. The van der Waals surface area contributed by atoms with Crippen molar-refractivity contribution in [3.05, 3.63) is 59.9 Å². The molecule has 2 aromatic rings. The number of nitrogens with zero attached hydrogens (tertiary/aromatic N) is 1. The summed E-state index contributed by atoms with van der Waals surface area (Å²) in [4.78, 5) is 4.05. The Bertz CT molecular complexity index is 563. The molecule has 0 aliphatic rings. The first-order valence-electron chi connectivity index (χ1n) is 7.35. The summed E-state index contributed by atoms with van der Waals surface area (Å²) in [5.74, 6) is 0.827. The van der Waals surface area contributed by atoms with Crippen LogP contribution >= 0.6 is 0 Å². The number of nitrogens with one attached hydrogen (secondary N) is 1. The van der Waals surface area contributed by atoms with Crippen molar-refractivity contribution >= 4 is 0 Å². The van der Waals surface area contributed by atoms with E-state index in [1.165, 1.54) is 0 Å². The Balaban J connectivity index is 1.76. The van der Waals surface area contributed by atoms with Gasteiger partial charge in [-0.05, 0) is 35.7 Å². The highest BCUT2D eigenvalue weighted by atomic mass is 16.5. The number of methoxy groups -OCH3 is 1. The number of aromatic nitrogens is 1. The molecule has 1 aromatic heterocycles. The number of aliphatic hydroxyl groups is 1. The maximum atomic E-state index is 10.1. The van der Waals surface area contributed by atoms with Crippen LogP contribution < -0.4 is 15.8 Å². The van der Waals surface area contributed by atoms with Crippen molar-refractivity contribution in [2.45, 2.75) is 25.1 Å². The van der Waals surface area contributed by atoms with Gasteiger partial charge in [-0.2, -0.15) is 0 Å². The lowest BCUT2D eigenvalue weighted by Gasteiger charge is -2.19. The molecule has 1 aromatic carbocycles. The molecule has 0 spiro atoms. The molecule has 0 saturated carbocycles. The molecule has 0 aliphatic heterocycles. The normalized spacial score (nSPS) is 13.6. The zero-order valence-corrected chi connectivity index (χ0v) is 12.8. The fraction of sp³-hybridized carbons (Fsp3) is 0.353. The van der Waals surface area contributed by atoms with Crippen molar-refractivity contribution in [3.63, 3.8) is 0 Å². The quantitative estimate of drug-likeness (QED) is 0.680. The van der Waals surface area contributed by atoms with Gasteiger partial charge in [0.2, 0.25) is 0 Å². The number of ether oxygens (including phenoxy) is 1. The fourth-order valence-electron chi connectivity index (χ4n) is 2.23. The van der Waals surface area contributed by atoms with E-state index in [0.717, 1.165) is 16.9 Å². The van der Waals surface area contributed by atoms with Gasteiger partial charge in [0.25, 0.3) is 0 Å². The van der Waals surface area contributed by atoms with E-state index in [2.05, 4.69) is 10.3 Å². The molecule has 0 saturated heterocycles. The second-order valence-corrected chi connectivity index (χ2v) is 5.28. The van der Waals surface area contributed by atoms with Crippen LogP contribution in [-0.4, -0.2) is 35.9 Å². The minimum absolute atomic E-state index is 0.318. The summed E-state index contributed by atoms with van der Waals surface area (Å²) >= 11 is 0. The van der Waals surface area contributed by atoms with Gasteiger partial charge in [-0.1, -0.05) is 18.2 Å². The highest BCUT2D eigenvalue weighted by Gasteiger charge is 2.14. The summed E-state index contributed by atoms with van der Waals surface area (Å²) in [6.45, 7) is 1.10. The van der Waals surface area contributed by atoms with Crippen LogP contribution in [0.1, 0.15) is 11.1 Å². The molecule has 5 heteroatoms. The Morgan fingerprint density at radius 1 is 1.27 bits per heavy atom. The van der Waals surface area contributed by atoms with E-state index in [-0.39, 0.29) is 6.04 Å². The smallest absolute Gasteiger partial charge is 0.119 e. The van der Waals surface area contributed by atoms with E-state index in [9.17, 15) is 5.11 Å². The van der Waals surface area contributed by atoms with Gasteiger partial charge in [-0.15, -0.1) is 0 Å². The van der Waals surface area contributed by atoms with E-state index in [4.69, 9.17) is 10.5 Å². The largest absolute Gasteiger partial charge is 0.497 e. The van der Waals surface area contributed by atoms with Crippen LogP contribution in [0.25, 0.3) is 0 Å². The minimum atomic E-state index is -0.606. The third kappa shape index (κ3) is 5.11. The Morgan fingerprint density at radius 3 is 2.82 bits per heavy atom. The number of pyridine rings is 1. The zero-order valence-electron chi connectivity index (χ0n) is 12.8. The second-order valence-electron chi connectivity index (χ2n) is 5.28. The number of hydrogen-bond donors (Lipinski definition) is 3. The van der Waals surface area contributed by atoms with Crippen molar-refractivity contribution < 1.29 is 9.84 Å². The molecule has 22 heavy (non-hydrogen) atoms. The molecule has 0 fully saturated rings. The maximum absolute atomic E-state index is 10.1. The average molecular weight is 301 g/mol. The standard InChI is InChI=1S/C17H23N3O2/c1-22-15-6-2-4-13(8-15)11-20-12-17(21)16(18)9-14-5-3-7-19-10-14/h2-8,10,16-17,20-21H,9,11-12,18H2,1H3/t16-,17+/m0/s1. The fourth-order valence-corrected chi connectivity index (χ4v) is 2.23. The molecule has 1 heterocycles. The Morgan fingerprint density at radius 2 is 2.09 bits per heavy atom. The summed E-state index contributed by atoms with van der Waals surface area (Å²) in [6.07, 6.45) is 3.50. The summed E-state index contributed by atoms with van der Waals surface area (Å²) in [7, 11) is 1.65. The van der Waals surface area contributed by atoms with Crippen LogP contribution in [0.2, 0.25) is 0 Å². The van der Waals surface area contributed by atoms with Gasteiger partial charge in [0, 0.05) is 31.5 Å². The van der Waals surface area contributed by atoms with Crippen LogP contribution in [0.4, 0.5) is 0 Å². The van der Waals surface area contributed by atoms with Gasteiger partial charge in [0.05, 0.1) is 13.2 Å². The highest BCUT2D eigenvalue weighted by molar-refractivity contribution is 5.28. The van der Waals surface area contributed by atoms with Crippen LogP contribution in [0.3, 0.4) is 0 Å². The molecule has 0 bridgehead atoms. The molecule has 118 valence electrons. The van der Waals surface area contributed by atoms with Gasteiger partial charge >= 0.3 is 0 Å².